The smallest absolute Gasteiger partial charge is 0.203 e. The number of hydrogen-bond acceptors (Lipinski definition) is 5. The molecule has 0 saturated carbocycles. The van der Waals surface area contributed by atoms with E-state index in [0.29, 0.717) is 44.2 Å². The number of nitriles is 1. The second-order valence-corrected chi connectivity index (χ2v) is 3.91. The third-order valence-electron chi connectivity index (χ3n) is 2.63. The number of nitrogens with zero attached hydrogens (tertiary/aromatic N) is 1. The van der Waals surface area contributed by atoms with Crippen molar-refractivity contribution >= 4 is 0 Å². The average molecular weight is 248 g/mol. The minimum absolute atomic E-state index is 0.502. The molecule has 0 amide bonds. The van der Waals surface area contributed by atoms with Crippen LogP contribution in [-0.2, 0) is 6.54 Å². The molecule has 96 valence electrons. The third-order valence-corrected chi connectivity index (χ3v) is 2.63. The predicted molar refractivity (Wildman–Crippen MR) is 65.9 cm³/mol. The summed E-state index contributed by atoms with van der Waals surface area (Å²) in [6, 6.07) is 5.96. The maximum Gasteiger partial charge on any atom is 0.203 e. The Morgan fingerprint density at radius 3 is 3.00 bits per heavy atom. The first kappa shape index (κ1) is 12.5. The zero-order valence-corrected chi connectivity index (χ0v) is 10.4. The molecule has 0 bridgehead atoms. The van der Waals surface area contributed by atoms with Crippen molar-refractivity contribution in [3.63, 3.8) is 0 Å². The van der Waals surface area contributed by atoms with Crippen LogP contribution in [0.15, 0.2) is 12.1 Å². The van der Waals surface area contributed by atoms with Crippen LogP contribution in [0.4, 0.5) is 0 Å². The summed E-state index contributed by atoms with van der Waals surface area (Å²) >= 11 is 0. The van der Waals surface area contributed by atoms with Gasteiger partial charge in [0.05, 0.1) is 13.2 Å². The molecule has 5 heteroatoms. The lowest BCUT2D eigenvalue weighted by Gasteiger charge is -2.21. The van der Waals surface area contributed by atoms with Crippen molar-refractivity contribution in [2.75, 3.05) is 26.9 Å². The van der Waals surface area contributed by atoms with Gasteiger partial charge in [-0.05, 0) is 17.7 Å². The maximum atomic E-state index is 8.46. The largest absolute Gasteiger partial charge is 0.493 e. The maximum absolute atomic E-state index is 8.46. The number of nitrogens with one attached hydrogen (secondary N) is 1. The molecule has 1 heterocycles. The zero-order valence-electron chi connectivity index (χ0n) is 10.4. The highest BCUT2D eigenvalue weighted by molar-refractivity contribution is 5.54. The number of hydrogen-bond donors (Lipinski definition) is 1. The Bertz CT molecular complexity index is 437. The highest BCUT2D eigenvalue weighted by atomic mass is 16.6. The van der Waals surface area contributed by atoms with Gasteiger partial charge >= 0.3 is 0 Å². The monoisotopic (exact) mass is 248 g/mol. The van der Waals surface area contributed by atoms with Crippen LogP contribution in [0.1, 0.15) is 12.0 Å². The molecule has 1 aliphatic rings. The van der Waals surface area contributed by atoms with Crippen molar-refractivity contribution in [1.82, 2.24) is 5.32 Å². The first-order valence-corrected chi connectivity index (χ1v) is 5.89. The summed E-state index contributed by atoms with van der Waals surface area (Å²) in [7, 11) is 1.61. The van der Waals surface area contributed by atoms with Gasteiger partial charge in [-0.3, -0.25) is 0 Å². The SMILES string of the molecule is COc1cc(CNCCC#N)cc2c1OCCO2. The molecular formula is C13H16N2O3. The Morgan fingerprint density at radius 1 is 1.39 bits per heavy atom. The summed E-state index contributed by atoms with van der Waals surface area (Å²) in [4.78, 5) is 0. The van der Waals surface area contributed by atoms with Gasteiger partial charge in [0.2, 0.25) is 5.75 Å². The Kier molecular flexibility index (Phi) is 4.26. The first-order valence-electron chi connectivity index (χ1n) is 5.89. The molecule has 1 aromatic rings. The minimum Gasteiger partial charge on any atom is -0.493 e. The summed E-state index contributed by atoms with van der Waals surface area (Å²) in [6.07, 6.45) is 0.502. The summed E-state index contributed by atoms with van der Waals surface area (Å²) in [5.74, 6) is 2.08. The molecule has 0 aliphatic carbocycles. The number of methoxy groups -OCH3 is 1. The lowest BCUT2D eigenvalue weighted by atomic mass is 10.1. The molecule has 0 spiro atoms. The molecule has 0 fully saturated rings. The number of ether oxygens (including phenoxy) is 3. The van der Waals surface area contributed by atoms with Crippen LogP contribution < -0.4 is 19.5 Å². The van der Waals surface area contributed by atoms with Crippen molar-refractivity contribution < 1.29 is 14.2 Å². The van der Waals surface area contributed by atoms with Crippen LogP contribution in [0.25, 0.3) is 0 Å². The second-order valence-electron chi connectivity index (χ2n) is 3.91. The van der Waals surface area contributed by atoms with E-state index in [0.717, 1.165) is 11.3 Å². The number of benzene rings is 1. The van der Waals surface area contributed by atoms with E-state index in [1.807, 2.05) is 12.1 Å². The molecular weight excluding hydrogens is 232 g/mol. The van der Waals surface area contributed by atoms with Gasteiger partial charge in [-0.2, -0.15) is 5.26 Å². The molecule has 2 rings (SSSR count). The van der Waals surface area contributed by atoms with Crippen molar-refractivity contribution in [2.24, 2.45) is 0 Å². The quantitative estimate of drug-likeness (QED) is 0.799. The van der Waals surface area contributed by atoms with E-state index >= 15 is 0 Å². The van der Waals surface area contributed by atoms with Gasteiger partial charge in [-0.15, -0.1) is 0 Å². The first-order chi connectivity index (χ1) is 8.85. The van der Waals surface area contributed by atoms with Crippen molar-refractivity contribution in [2.45, 2.75) is 13.0 Å². The van der Waals surface area contributed by atoms with Crippen molar-refractivity contribution in [3.8, 4) is 23.3 Å². The van der Waals surface area contributed by atoms with E-state index in [-0.39, 0.29) is 0 Å². The fourth-order valence-corrected chi connectivity index (χ4v) is 1.81. The normalized spacial score (nSPS) is 12.9. The van der Waals surface area contributed by atoms with Crippen LogP contribution in [0.5, 0.6) is 17.2 Å². The Balaban J connectivity index is 2.09. The molecule has 1 aliphatic heterocycles. The average Bonchev–Trinajstić information content (AvgIpc) is 2.42. The van der Waals surface area contributed by atoms with Gasteiger partial charge in [-0.25, -0.2) is 0 Å². The van der Waals surface area contributed by atoms with Gasteiger partial charge in [0.1, 0.15) is 13.2 Å². The Labute approximate surface area is 106 Å². The molecule has 1 aromatic carbocycles. The van der Waals surface area contributed by atoms with E-state index in [1.165, 1.54) is 0 Å². The van der Waals surface area contributed by atoms with Crippen molar-refractivity contribution in [1.29, 1.82) is 5.26 Å². The highest BCUT2D eigenvalue weighted by Crippen LogP contribution is 2.40. The van der Waals surface area contributed by atoms with E-state index < -0.39 is 0 Å². The second kappa shape index (κ2) is 6.12. The lowest BCUT2D eigenvalue weighted by Crippen LogP contribution is -2.18. The Hall–Kier alpha value is -1.93. The summed E-state index contributed by atoms with van der Waals surface area (Å²) in [5, 5.41) is 11.6. The third kappa shape index (κ3) is 2.84. The van der Waals surface area contributed by atoms with Crippen LogP contribution in [0.3, 0.4) is 0 Å². The zero-order chi connectivity index (χ0) is 12.8. The van der Waals surface area contributed by atoms with Gasteiger partial charge in [0.15, 0.2) is 11.5 Å². The van der Waals surface area contributed by atoms with Crippen LogP contribution in [0, 0.1) is 11.3 Å². The molecule has 0 radical (unpaired) electrons. The molecule has 0 unspecified atom stereocenters. The summed E-state index contributed by atoms with van der Waals surface area (Å²) < 4.78 is 16.4. The molecule has 18 heavy (non-hydrogen) atoms. The molecule has 1 N–H and O–H groups in total. The van der Waals surface area contributed by atoms with E-state index in [4.69, 9.17) is 19.5 Å². The van der Waals surface area contributed by atoms with Crippen molar-refractivity contribution in [3.05, 3.63) is 17.7 Å². The highest BCUT2D eigenvalue weighted by Gasteiger charge is 2.18. The fraction of sp³-hybridized carbons (Fsp3) is 0.462. The van der Waals surface area contributed by atoms with Gasteiger partial charge in [0, 0.05) is 19.5 Å². The summed E-state index contributed by atoms with van der Waals surface area (Å²) in [6.45, 7) is 2.45. The molecule has 0 saturated heterocycles. The number of fused-ring (bicyclic) bond motifs is 1. The Morgan fingerprint density at radius 2 is 2.22 bits per heavy atom. The summed E-state index contributed by atoms with van der Waals surface area (Å²) in [5.41, 5.74) is 1.05. The number of rotatable bonds is 5. The molecule has 0 aromatic heterocycles. The van der Waals surface area contributed by atoms with E-state index in [2.05, 4.69) is 11.4 Å². The fourth-order valence-electron chi connectivity index (χ4n) is 1.81. The molecule has 0 atom stereocenters. The topological polar surface area (TPSA) is 63.5 Å². The van der Waals surface area contributed by atoms with Gasteiger partial charge < -0.3 is 19.5 Å². The van der Waals surface area contributed by atoms with Crippen LogP contribution >= 0.6 is 0 Å². The predicted octanol–water partition coefficient (Wildman–Crippen LogP) is 1.47. The van der Waals surface area contributed by atoms with Gasteiger partial charge in [0.25, 0.3) is 0 Å². The van der Waals surface area contributed by atoms with Crippen LogP contribution in [-0.4, -0.2) is 26.9 Å². The standard InChI is InChI=1S/C13H16N2O3/c1-16-11-7-10(9-15-4-2-3-14)8-12-13(11)18-6-5-17-12/h7-8,15H,2,4-6,9H2,1H3. The minimum atomic E-state index is 0.502. The lowest BCUT2D eigenvalue weighted by molar-refractivity contribution is 0.165. The molecule has 5 nitrogen and oxygen atoms in total. The van der Waals surface area contributed by atoms with E-state index in [1.54, 1.807) is 7.11 Å². The van der Waals surface area contributed by atoms with Crippen LogP contribution in [0.2, 0.25) is 0 Å². The van der Waals surface area contributed by atoms with Gasteiger partial charge in [-0.1, -0.05) is 0 Å². The van der Waals surface area contributed by atoms with E-state index in [9.17, 15) is 0 Å².